The first kappa shape index (κ1) is 15.3. The lowest BCUT2D eigenvalue weighted by atomic mass is 10.2. The van der Waals surface area contributed by atoms with E-state index in [0.29, 0.717) is 37.5 Å². The summed E-state index contributed by atoms with van der Waals surface area (Å²) in [5.74, 6) is 1.44. The van der Waals surface area contributed by atoms with Crippen molar-refractivity contribution < 1.29 is 14.3 Å². The summed E-state index contributed by atoms with van der Waals surface area (Å²) < 4.78 is 11.0. The maximum Gasteiger partial charge on any atom is 0.222 e. The summed E-state index contributed by atoms with van der Waals surface area (Å²) in [5, 5.41) is 0. The Labute approximate surface area is 114 Å². The van der Waals surface area contributed by atoms with Gasteiger partial charge in [0.1, 0.15) is 0 Å². The van der Waals surface area contributed by atoms with Crippen molar-refractivity contribution in [2.45, 2.75) is 19.4 Å². The summed E-state index contributed by atoms with van der Waals surface area (Å²) in [5.41, 5.74) is 6.57. The van der Waals surface area contributed by atoms with Crippen LogP contribution in [0.1, 0.15) is 18.4 Å². The standard InChI is InChI=1S/C14H22N2O3/c1-16(2)13(17)8-5-9-19-14-11(10-15)6-4-7-12(14)18-3/h4,6-7H,5,8-10,15H2,1-3H3. The number of amides is 1. The number of methoxy groups -OCH3 is 1. The Balaban J connectivity index is 2.55. The molecule has 0 heterocycles. The van der Waals surface area contributed by atoms with Crippen LogP contribution in [-0.2, 0) is 11.3 Å². The van der Waals surface area contributed by atoms with Gasteiger partial charge in [0, 0.05) is 32.6 Å². The summed E-state index contributed by atoms with van der Waals surface area (Å²) in [6.45, 7) is 0.857. The number of hydrogen-bond acceptors (Lipinski definition) is 4. The van der Waals surface area contributed by atoms with Crippen molar-refractivity contribution in [2.24, 2.45) is 5.73 Å². The fourth-order valence-corrected chi connectivity index (χ4v) is 1.67. The molecule has 0 radical (unpaired) electrons. The average molecular weight is 266 g/mol. The second kappa shape index (κ2) is 7.63. The van der Waals surface area contributed by atoms with Gasteiger partial charge in [-0.25, -0.2) is 0 Å². The Hall–Kier alpha value is -1.75. The van der Waals surface area contributed by atoms with Crippen molar-refractivity contribution in [1.29, 1.82) is 0 Å². The lowest BCUT2D eigenvalue weighted by molar-refractivity contribution is -0.128. The summed E-state index contributed by atoms with van der Waals surface area (Å²) in [4.78, 5) is 13.0. The molecular formula is C14H22N2O3. The molecule has 1 rings (SSSR count). The number of nitrogens with two attached hydrogens (primary N) is 1. The molecule has 0 atom stereocenters. The molecule has 0 aromatic heterocycles. The molecule has 0 aliphatic carbocycles. The number of hydrogen-bond donors (Lipinski definition) is 1. The van der Waals surface area contributed by atoms with Gasteiger partial charge < -0.3 is 20.1 Å². The fraction of sp³-hybridized carbons (Fsp3) is 0.500. The first-order valence-corrected chi connectivity index (χ1v) is 6.29. The van der Waals surface area contributed by atoms with Crippen LogP contribution in [0, 0.1) is 0 Å². The predicted molar refractivity (Wildman–Crippen MR) is 74.3 cm³/mol. The van der Waals surface area contributed by atoms with Crippen LogP contribution in [0.4, 0.5) is 0 Å². The van der Waals surface area contributed by atoms with Crippen molar-refractivity contribution >= 4 is 5.91 Å². The predicted octanol–water partition coefficient (Wildman–Crippen LogP) is 1.40. The second-order valence-electron chi connectivity index (χ2n) is 4.39. The van der Waals surface area contributed by atoms with Crippen LogP contribution in [0.15, 0.2) is 18.2 Å². The summed E-state index contributed by atoms with van der Waals surface area (Å²) in [6, 6.07) is 5.62. The molecule has 0 spiro atoms. The first-order chi connectivity index (χ1) is 9.10. The van der Waals surface area contributed by atoms with Gasteiger partial charge in [0.25, 0.3) is 0 Å². The minimum Gasteiger partial charge on any atom is -0.493 e. The minimum absolute atomic E-state index is 0.0997. The molecule has 0 aliphatic rings. The molecule has 0 saturated heterocycles. The molecule has 2 N–H and O–H groups in total. The van der Waals surface area contributed by atoms with Crippen LogP contribution < -0.4 is 15.2 Å². The molecule has 1 aromatic rings. The molecule has 19 heavy (non-hydrogen) atoms. The highest BCUT2D eigenvalue weighted by Crippen LogP contribution is 2.30. The molecular weight excluding hydrogens is 244 g/mol. The van der Waals surface area contributed by atoms with Crippen LogP contribution in [-0.4, -0.2) is 38.6 Å². The molecule has 1 amide bonds. The van der Waals surface area contributed by atoms with Gasteiger partial charge in [-0.05, 0) is 12.5 Å². The lowest BCUT2D eigenvalue weighted by Gasteiger charge is -2.14. The molecule has 5 nitrogen and oxygen atoms in total. The normalized spacial score (nSPS) is 10.1. The Morgan fingerprint density at radius 3 is 2.68 bits per heavy atom. The van der Waals surface area contributed by atoms with E-state index in [2.05, 4.69) is 0 Å². The molecule has 0 aliphatic heterocycles. The Morgan fingerprint density at radius 2 is 2.11 bits per heavy atom. The van der Waals surface area contributed by atoms with E-state index in [0.717, 1.165) is 5.56 Å². The summed E-state index contributed by atoms with van der Waals surface area (Å²) in [6.07, 6.45) is 1.14. The Bertz CT molecular complexity index is 397. The molecule has 0 saturated carbocycles. The minimum atomic E-state index is 0.0997. The summed E-state index contributed by atoms with van der Waals surface area (Å²) >= 11 is 0. The number of benzene rings is 1. The van der Waals surface area contributed by atoms with Gasteiger partial charge in [-0.3, -0.25) is 4.79 Å². The molecule has 1 aromatic carbocycles. The van der Waals surface area contributed by atoms with E-state index in [4.69, 9.17) is 15.2 Å². The fourth-order valence-electron chi connectivity index (χ4n) is 1.67. The van der Waals surface area contributed by atoms with E-state index >= 15 is 0 Å². The van der Waals surface area contributed by atoms with Crippen LogP contribution in [0.5, 0.6) is 11.5 Å². The Morgan fingerprint density at radius 1 is 1.37 bits per heavy atom. The van der Waals surface area contributed by atoms with Gasteiger partial charge in [-0.15, -0.1) is 0 Å². The molecule has 0 fully saturated rings. The topological polar surface area (TPSA) is 64.8 Å². The van der Waals surface area contributed by atoms with Crippen molar-refractivity contribution in [3.8, 4) is 11.5 Å². The third kappa shape index (κ3) is 4.44. The van der Waals surface area contributed by atoms with E-state index in [-0.39, 0.29) is 5.91 Å². The number of nitrogens with zero attached hydrogens (tertiary/aromatic N) is 1. The number of ether oxygens (including phenoxy) is 2. The van der Waals surface area contributed by atoms with Crippen molar-refractivity contribution in [2.75, 3.05) is 27.8 Å². The molecule has 0 bridgehead atoms. The maximum atomic E-state index is 11.4. The smallest absolute Gasteiger partial charge is 0.222 e. The van der Waals surface area contributed by atoms with E-state index in [9.17, 15) is 4.79 Å². The van der Waals surface area contributed by atoms with E-state index in [1.807, 2.05) is 18.2 Å². The first-order valence-electron chi connectivity index (χ1n) is 6.29. The number of carbonyl (C=O) groups excluding carboxylic acids is 1. The van der Waals surface area contributed by atoms with E-state index < -0.39 is 0 Å². The quantitative estimate of drug-likeness (QED) is 0.758. The van der Waals surface area contributed by atoms with Crippen LogP contribution in [0.3, 0.4) is 0 Å². The zero-order valence-electron chi connectivity index (χ0n) is 11.8. The monoisotopic (exact) mass is 266 g/mol. The number of rotatable bonds is 7. The van der Waals surface area contributed by atoms with Gasteiger partial charge in [0.2, 0.25) is 5.91 Å². The average Bonchev–Trinajstić information content (AvgIpc) is 2.42. The zero-order valence-corrected chi connectivity index (χ0v) is 11.8. The zero-order chi connectivity index (χ0) is 14.3. The second-order valence-corrected chi connectivity index (χ2v) is 4.39. The van der Waals surface area contributed by atoms with Crippen LogP contribution in [0.2, 0.25) is 0 Å². The van der Waals surface area contributed by atoms with E-state index in [1.165, 1.54) is 0 Å². The SMILES string of the molecule is COc1cccc(CN)c1OCCCC(=O)N(C)C. The van der Waals surface area contributed by atoms with Crippen molar-refractivity contribution in [1.82, 2.24) is 4.90 Å². The van der Waals surface area contributed by atoms with Crippen molar-refractivity contribution in [3.05, 3.63) is 23.8 Å². The van der Waals surface area contributed by atoms with Crippen LogP contribution in [0.25, 0.3) is 0 Å². The molecule has 106 valence electrons. The highest BCUT2D eigenvalue weighted by atomic mass is 16.5. The Kier molecular flexibility index (Phi) is 6.15. The number of para-hydroxylation sites is 1. The maximum absolute atomic E-state index is 11.4. The van der Waals surface area contributed by atoms with Crippen molar-refractivity contribution in [3.63, 3.8) is 0 Å². The summed E-state index contributed by atoms with van der Waals surface area (Å²) in [7, 11) is 5.09. The van der Waals surface area contributed by atoms with Gasteiger partial charge in [-0.1, -0.05) is 12.1 Å². The largest absolute Gasteiger partial charge is 0.493 e. The molecule has 0 unspecified atom stereocenters. The van der Waals surface area contributed by atoms with Gasteiger partial charge >= 0.3 is 0 Å². The van der Waals surface area contributed by atoms with Gasteiger partial charge in [-0.2, -0.15) is 0 Å². The lowest BCUT2D eigenvalue weighted by Crippen LogP contribution is -2.21. The number of carbonyl (C=O) groups is 1. The third-order valence-corrected chi connectivity index (χ3v) is 2.78. The van der Waals surface area contributed by atoms with Gasteiger partial charge in [0.05, 0.1) is 13.7 Å². The highest BCUT2D eigenvalue weighted by Gasteiger charge is 2.10. The van der Waals surface area contributed by atoms with Crippen LogP contribution >= 0.6 is 0 Å². The third-order valence-electron chi connectivity index (χ3n) is 2.78. The highest BCUT2D eigenvalue weighted by molar-refractivity contribution is 5.75. The van der Waals surface area contributed by atoms with E-state index in [1.54, 1.807) is 26.1 Å². The van der Waals surface area contributed by atoms with Gasteiger partial charge in [0.15, 0.2) is 11.5 Å². The molecule has 5 heteroatoms.